The van der Waals surface area contributed by atoms with E-state index in [4.69, 9.17) is 10.1 Å². The van der Waals surface area contributed by atoms with E-state index in [0.717, 1.165) is 33.5 Å². The number of hydrogen-bond acceptors (Lipinski definition) is 4. The van der Waals surface area contributed by atoms with Gasteiger partial charge in [-0.05, 0) is 32.9 Å². The molecule has 1 N–H and O–H groups in total. The summed E-state index contributed by atoms with van der Waals surface area (Å²) in [6, 6.07) is 15.6. The number of aliphatic hydroxyl groups is 1. The van der Waals surface area contributed by atoms with Crippen molar-refractivity contribution in [1.82, 2.24) is 9.97 Å². The van der Waals surface area contributed by atoms with Crippen LogP contribution in [-0.4, -0.2) is 20.9 Å². The average molecular weight is 540 g/mol. The Morgan fingerprint density at radius 3 is 2.11 bits per heavy atom. The Kier molecular flexibility index (Phi) is 8.48. The number of fused-ring (bicyclic) bond motifs is 1. The Labute approximate surface area is 173 Å². The van der Waals surface area contributed by atoms with Gasteiger partial charge in [0.2, 0.25) is 0 Å². The van der Waals surface area contributed by atoms with E-state index >= 15 is 0 Å². The van der Waals surface area contributed by atoms with Gasteiger partial charge in [-0.2, -0.15) is 0 Å². The number of benzene rings is 2. The van der Waals surface area contributed by atoms with E-state index in [1.165, 1.54) is 25.5 Å². The second kappa shape index (κ2) is 10.1. The molecule has 0 aliphatic carbocycles. The summed E-state index contributed by atoms with van der Waals surface area (Å²) in [5, 5.41) is 8.36. The molecule has 4 nitrogen and oxygen atoms in total. The van der Waals surface area contributed by atoms with Crippen LogP contribution in [0.25, 0.3) is 22.3 Å². The molecular formula is C22H23IrN2O2-. The van der Waals surface area contributed by atoms with Crippen LogP contribution in [0.3, 0.4) is 0 Å². The number of aliphatic hydroxyl groups excluding tert-OH is 1. The maximum atomic E-state index is 10.0. The standard InChI is InChI=1S/C17H15N2.C5H8O2.Ir/c1-11-8-12(2)10-14(9-11)17-13(3)18-15-6-4-5-7-16(15)19-17;1-4(6)3-5(2)7;/h4-9H,1-3H3;3,6H,1-2H3;/q-1;;/b;4-3-;. The fourth-order valence-corrected chi connectivity index (χ4v) is 2.66. The number of carbonyl (C=O) groups is 1. The molecule has 27 heavy (non-hydrogen) atoms. The third-order valence-electron chi connectivity index (χ3n) is 3.56. The zero-order valence-electron chi connectivity index (χ0n) is 16.1. The van der Waals surface area contributed by atoms with Crippen LogP contribution in [-0.2, 0) is 24.9 Å². The molecule has 0 fully saturated rings. The normalized spacial score (nSPS) is 10.6. The van der Waals surface area contributed by atoms with Gasteiger partial charge in [0, 0.05) is 37.6 Å². The molecule has 1 aromatic heterocycles. The van der Waals surface area contributed by atoms with Crippen LogP contribution in [0.15, 0.2) is 48.2 Å². The predicted molar refractivity (Wildman–Crippen MR) is 105 cm³/mol. The number of carbonyl (C=O) groups excluding carboxylic acids is 1. The number of hydrogen-bond donors (Lipinski definition) is 1. The van der Waals surface area contributed by atoms with Gasteiger partial charge in [-0.1, -0.05) is 26.0 Å². The van der Waals surface area contributed by atoms with E-state index < -0.39 is 0 Å². The van der Waals surface area contributed by atoms with Crippen LogP contribution in [0.1, 0.15) is 30.7 Å². The van der Waals surface area contributed by atoms with Crippen molar-refractivity contribution < 1.29 is 30.0 Å². The van der Waals surface area contributed by atoms with Crippen molar-refractivity contribution in [2.45, 2.75) is 34.6 Å². The molecule has 1 heterocycles. The van der Waals surface area contributed by atoms with Crippen molar-refractivity contribution in [1.29, 1.82) is 0 Å². The van der Waals surface area contributed by atoms with Gasteiger partial charge in [0.05, 0.1) is 16.8 Å². The number of allylic oxidation sites excluding steroid dienone is 2. The van der Waals surface area contributed by atoms with Gasteiger partial charge in [0.15, 0.2) is 5.78 Å². The quantitative estimate of drug-likeness (QED) is 0.281. The van der Waals surface area contributed by atoms with Gasteiger partial charge >= 0.3 is 0 Å². The van der Waals surface area contributed by atoms with Crippen molar-refractivity contribution in [3.8, 4) is 11.3 Å². The molecule has 143 valence electrons. The molecule has 0 amide bonds. The van der Waals surface area contributed by atoms with E-state index in [0.29, 0.717) is 0 Å². The molecule has 0 saturated carbocycles. The molecule has 0 aliphatic heterocycles. The first-order chi connectivity index (χ1) is 12.3. The van der Waals surface area contributed by atoms with Gasteiger partial charge in [0.1, 0.15) is 0 Å². The SMILES string of the molecule is CC(=O)/C=C(/C)O.Cc1[c-]c(-c2nc3ccccc3nc2C)cc(C)c1.[Ir]. The van der Waals surface area contributed by atoms with Crippen molar-refractivity contribution >= 4 is 16.8 Å². The van der Waals surface area contributed by atoms with E-state index in [-0.39, 0.29) is 31.6 Å². The Bertz CT molecular complexity index is 957. The van der Waals surface area contributed by atoms with Crippen LogP contribution in [0.2, 0.25) is 0 Å². The zero-order valence-corrected chi connectivity index (χ0v) is 18.5. The first-order valence-electron chi connectivity index (χ1n) is 8.38. The minimum absolute atomic E-state index is 0. The first-order valence-corrected chi connectivity index (χ1v) is 8.38. The molecular weight excluding hydrogens is 516 g/mol. The monoisotopic (exact) mass is 540 g/mol. The van der Waals surface area contributed by atoms with E-state index in [9.17, 15) is 4.79 Å². The molecule has 0 unspecified atom stereocenters. The zero-order chi connectivity index (χ0) is 19.3. The van der Waals surface area contributed by atoms with Crippen molar-refractivity contribution in [2.75, 3.05) is 0 Å². The van der Waals surface area contributed by atoms with E-state index in [1.807, 2.05) is 31.2 Å². The molecule has 1 radical (unpaired) electrons. The van der Waals surface area contributed by atoms with Crippen molar-refractivity contribution in [3.05, 3.63) is 71.1 Å². The van der Waals surface area contributed by atoms with Crippen molar-refractivity contribution in [3.63, 3.8) is 0 Å². The smallest absolute Gasteiger partial charge is 0.155 e. The van der Waals surface area contributed by atoms with E-state index in [1.54, 1.807) is 0 Å². The number of para-hydroxylation sites is 2. The number of nitrogens with zero attached hydrogens (tertiary/aromatic N) is 2. The van der Waals surface area contributed by atoms with Gasteiger partial charge in [-0.15, -0.1) is 34.9 Å². The molecule has 0 bridgehead atoms. The Morgan fingerprint density at radius 1 is 1.04 bits per heavy atom. The second-order valence-corrected chi connectivity index (χ2v) is 6.30. The number of ketones is 1. The first kappa shape index (κ1) is 22.7. The largest absolute Gasteiger partial charge is 0.512 e. The third kappa shape index (κ3) is 6.70. The summed E-state index contributed by atoms with van der Waals surface area (Å²) in [6.45, 7) is 9.00. The molecule has 0 atom stereocenters. The van der Waals surface area contributed by atoms with Crippen LogP contribution >= 0.6 is 0 Å². The van der Waals surface area contributed by atoms with Crippen LogP contribution < -0.4 is 0 Å². The molecule has 0 saturated heterocycles. The second-order valence-electron chi connectivity index (χ2n) is 6.30. The minimum atomic E-state index is -0.125. The summed E-state index contributed by atoms with van der Waals surface area (Å²) in [7, 11) is 0. The number of rotatable bonds is 2. The molecule has 2 aromatic carbocycles. The summed E-state index contributed by atoms with van der Waals surface area (Å²) in [6.07, 6.45) is 1.17. The van der Waals surface area contributed by atoms with Crippen LogP contribution in [0.5, 0.6) is 0 Å². The maximum absolute atomic E-state index is 10.0. The summed E-state index contributed by atoms with van der Waals surface area (Å²) < 4.78 is 0. The average Bonchev–Trinajstić information content (AvgIpc) is 2.52. The fraction of sp³-hybridized carbons (Fsp3) is 0.227. The summed E-state index contributed by atoms with van der Waals surface area (Å²) in [5.41, 5.74) is 7.10. The fourth-order valence-electron chi connectivity index (χ4n) is 2.66. The Morgan fingerprint density at radius 2 is 1.63 bits per heavy atom. The molecule has 3 rings (SSSR count). The predicted octanol–water partition coefficient (Wildman–Crippen LogP) is 5.06. The molecule has 0 spiro atoms. The van der Waals surface area contributed by atoms with Gasteiger partial charge in [-0.3, -0.25) is 14.8 Å². The summed E-state index contributed by atoms with van der Waals surface area (Å²) in [5.74, 6) is -0.0625. The molecule has 3 aromatic rings. The van der Waals surface area contributed by atoms with Crippen LogP contribution in [0.4, 0.5) is 0 Å². The summed E-state index contributed by atoms with van der Waals surface area (Å²) in [4.78, 5) is 19.4. The summed E-state index contributed by atoms with van der Waals surface area (Å²) >= 11 is 0. The van der Waals surface area contributed by atoms with Gasteiger partial charge in [-0.25, -0.2) is 0 Å². The Balaban J connectivity index is 0.000000395. The van der Waals surface area contributed by atoms with E-state index in [2.05, 4.69) is 37.0 Å². The maximum Gasteiger partial charge on any atom is 0.155 e. The van der Waals surface area contributed by atoms with Crippen LogP contribution in [0, 0.1) is 26.8 Å². The number of aryl methyl sites for hydroxylation is 3. The molecule has 5 heteroatoms. The van der Waals surface area contributed by atoms with Crippen molar-refractivity contribution in [2.24, 2.45) is 0 Å². The third-order valence-corrected chi connectivity index (χ3v) is 3.56. The van der Waals surface area contributed by atoms with Gasteiger partial charge in [0.25, 0.3) is 0 Å². The number of aromatic nitrogens is 2. The topological polar surface area (TPSA) is 63.1 Å². The van der Waals surface area contributed by atoms with Gasteiger partial charge < -0.3 is 5.11 Å². The minimum Gasteiger partial charge on any atom is -0.512 e. The molecule has 0 aliphatic rings. The Hall–Kier alpha value is -2.36.